The third-order valence-corrected chi connectivity index (χ3v) is 3.56. The molecule has 0 atom stereocenters. The van der Waals surface area contributed by atoms with Gasteiger partial charge in [0, 0.05) is 38.1 Å². The standard InChI is InChI=1S/C15H28N2O/c1-12(2)16-11-14-7-9-17(13(14)3)10-8-15(4,5)18-6/h7,9,12,16H,8,10-11H2,1-6H3. The van der Waals surface area contributed by atoms with E-state index in [1.807, 2.05) is 0 Å². The van der Waals surface area contributed by atoms with Crippen molar-refractivity contribution in [2.45, 2.75) is 65.8 Å². The van der Waals surface area contributed by atoms with E-state index in [9.17, 15) is 0 Å². The predicted molar refractivity (Wildman–Crippen MR) is 76.8 cm³/mol. The average molecular weight is 252 g/mol. The molecule has 3 heteroatoms. The Morgan fingerprint density at radius 1 is 1.39 bits per heavy atom. The highest BCUT2D eigenvalue weighted by Crippen LogP contribution is 2.17. The summed E-state index contributed by atoms with van der Waals surface area (Å²) in [5.74, 6) is 0. The quantitative estimate of drug-likeness (QED) is 0.807. The number of hydrogen-bond donors (Lipinski definition) is 1. The molecule has 0 unspecified atom stereocenters. The van der Waals surface area contributed by atoms with Crippen molar-refractivity contribution in [3.8, 4) is 0 Å². The van der Waals surface area contributed by atoms with Gasteiger partial charge in [0.05, 0.1) is 5.60 Å². The molecule has 0 saturated heterocycles. The zero-order chi connectivity index (χ0) is 13.8. The lowest BCUT2D eigenvalue weighted by Crippen LogP contribution is -2.25. The van der Waals surface area contributed by atoms with Gasteiger partial charge in [0.1, 0.15) is 0 Å². The maximum Gasteiger partial charge on any atom is 0.0639 e. The lowest BCUT2D eigenvalue weighted by molar-refractivity contribution is 0.0120. The van der Waals surface area contributed by atoms with Crippen molar-refractivity contribution >= 4 is 0 Å². The Balaban J connectivity index is 2.58. The molecular formula is C15H28N2O. The molecule has 18 heavy (non-hydrogen) atoms. The Morgan fingerprint density at radius 2 is 2.06 bits per heavy atom. The van der Waals surface area contributed by atoms with Gasteiger partial charge in [-0.1, -0.05) is 13.8 Å². The molecule has 1 rings (SSSR count). The Kier molecular flexibility index (Phi) is 5.42. The van der Waals surface area contributed by atoms with Crippen molar-refractivity contribution in [3.63, 3.8) is 0 Å². The maximum atomic E-state index is 5.46. The summed E-state index contributed by atoms with van der Waals surface area (Å²) >= 11 is 0. The van der Waals surface area contributed by atoms with E-state index in [1.54, 1.807) is 7.11 Å². The van der Waals surface area contributed by atoms with Crippen molar-refractivity contribution < 1.29 is 4.74 Å². The normalized spacial score (nSPS) is 12.4. The van der Waals surface area contributed by atoms with E-state index in [4.69, 9.17) is 4.74 Å². The number of hydrogen-bond acceptors (Lipinski definition) is 2. The molecule has 0 amide bonds. The summed E-state index contributed by atoms with van der Waals surface area (Å²) in [5, 5.41) is 3.46. The van der Waals surface area contributed by atoms with Crippen LogP contribution in [-0.2, 0) is 17.8 Å². The predicted octanol–water partition coefficient (Wildman–Crippen LogP) is 3.11. The zero-order valence-corrected chi connectivity index (χ0v) is 12.7. The highest BCUT2D eigenvalue weighted by Gasteiger charge is 2.16. The van der Waals surface area contributed by atoms with E-state index in [2.05, 4.69) is 56.8 Å². The summed E-state index contributed by atoms with van der Waals surface area (Å²) in [6, 6.07) is 2.74. The summed E-state index contributed by atoms with van der Waals surface area (Å²) in [6.07, 6.45) is 3.20. The van der Waals surface area contributed by atoms with E-state index >= 15 is 0 Å². The van der Waals surface area contributed by atoms with Gasteiger partial charge < -0.3 is 14.6 Å². The van der Waals surface area contributed by atoms with Gasteiger partial charge in [-0.05, 0) is 38.8 Å². The van der Waals surface area contributed by atoms with Gasteiger partial charge in [-0.2, -0.15) is 0 Å². The molecule has 1 heterocycles. The van der Waals surface area contributed by atoms with Crippen LogP contribution in [0, 0.1) is 6.92 Å². The topological polar surface area (TPSA) is 26.2 Å². The molecule has 0 aliphatic carbocycles. The highest BCUT2D eigenvalue weighted by atomic mass is 16.5. The molecular weight excluding hydrogens is 224 g/mol. The van der Waals surface area contributed by atoms with Crippen LogP contribution in [0.2, 0.25) is 0 Å². The van der Waals surface area contributed by atoms with E-state index < -0.39 is 0 Å². The van der Waals surface area contributed by atoms with Gasteiger partial charge >= 0.3 is 0 Å². The van der Waals surface area contributed by atoms with Crippen LogP contribution in [0.3, 0.4) is 0 Å². The summed E-state index contributed by atoms with van der Waals surface area (Å²) in [6.45, 7) is 12.8. The Labute approximate surface area is 112 Å². The molecule has 0 fully saturated rings. The molecule has 104 valence electrons. The smallest absolute Gasteiger partial charge is 0.0639 e. The van der Waals surface area contributed by atoms with Gasteiger partial charge in [-0.25, -0.2) is 0 Å². The molecule has 0 aromatic carbocycles. The largest absolute Gasteiger partial charge is 0.379 e. The van der Waals surface area contributed by atoms with Crippen molar-refractivity contribution in [1.29, 1.82) is 0 Å². The molecule has 0 bridgehead atoms. The zero-order valence-electron chi connectivity index (χ0n) is 12.7. The van der Waals surface area contributed by atoms with Crippen LogP contribution in [-0.4, -0.2) is 23.3 Å². The molecule has 0 spiro atoms. The molecule has 0 saturated carbocycles. The first-order valence-corrected chi connectivity index (χ1v) is 6.79. The first-order valence-electron chi connectivity index (χ1n) is 6.79. The molecule has 3 nitrogen and oxygen atoms in total. The first kappa shape index (κ1) is 15.3. The summed E-state index contributed by atoms with van der Waals surface area (Å²) < 4.78 is 7.78. The van der Waals surface area contributed by atoms with Gasteiger partial charge in [0.15, 0.2) is 0 Å². The number of rotatable bonds is 7. The van der Waals surface area contributed by atoms with Gasteiger partial charge in [-0.3, -0.25) is 0 Å². The Bertz CT molecular complexity index is 367. The third-order valence-electron chi connectivity index (χ3n) is 3.56. The van der Waals surface area contributed by atoms with Crippen LogP contribution in [0.25, 0.3) is 0 Å². The number of ether oxygens (including phenoxy) is 1. The van der Waals surface area contributed by atoms with E-state index in [-0.39, 0.29) is 5.60 Å². The van der Waals surface area contributed by atoms with Gasteiger partial charge in [0.2, 0.25) is 0 Å². The number of methoxy groups -OCH3 is 1. The first-order chi connectivity index (χ1) is 8.35. The van der Waals surface area contributed by atoms with Gasteiger partial charge in [0.25, 0.3) is 0 Å². The lowest BCUT2D eigenvalue weighted by Gasteiger charge is -2.23. The van der Waals surface area contributed by atoms with E-state index in [0.29, 0.717) is 6.04 Å². The van der Waals surface area contributed by atoms with Crippen molar-refractivity contribution in [1.82, 2.24) is 9.88 Å². The van der Waals surface area contributed by atoms with Crippen LogP contribution in [0.15, 0.2) is 12.3 Å². The molecule has 1 N–H and O–H groups in total. The minimum absolute atomic E-state index is 0.0486. The summed E-state index contributed by atoms with van der Waals surface area (Å²) in [5.41, 5.74) is 2.70. The number of nitrogens with zero attached hydrogens (tertiary/aromatic N) is 1. The van der Waals surface area contributed by atoms with Crippen molar-refractivity contribution in [2.75, 3.05) is 7.11 Å². The Morgan fingerprint density at radius 3 is 2.61 bits per heavy atom. The summed E-state index contributed by atoms with van der Waals surface area (Å²) in [4.78, 5) is 0. The monoisotopic (exact) mass is 252 g/mol. The summed E-state index contributed by atoms with van der Waals surface area (Å²) in [7, 11) is 1.78. The van der Waals surface area contributed by atoms with Crippen molar-refractivity contribution in [3.05, 3.63) is 23.5 Å². The molecule has 0 aliphatic rings. The molecule has 1 aromatic rings. The SMILES string of the molecule is COC(C)(C)CCn1ccc(CNC(C)C)c1C. The minimum Gasteiger partial charge on any atom is -0.379 e. The third kappa shape index (κ3) is 4.46. The van der Waals surface area contributed by atoms with Crippen LogP contribution >= 0.6 is 0 Å². The second kappa shape index (κ2) is 6.39. The van der Waals surface area contributed by atoms with E-state index in [0.717, 1.165) is 19.5 Å². The van der Waals surface area contributed by atoms with Crippen molar-refractivity contribution in [2.24, 2.45) is 0 Å². The minimum atomic E-state index is -0.0486. The molecule has 0 aliphatic heterocycles. The Hall–Kier alpha value is -0.800. The number of nitrogens with one attached hydrogen (secondary N) is 1. The maximum absolute atomic E-state index is 5.46. The van der Waals surface area contributed by atoms with Crippen LogP contribution in [0.1, 0.15) is 45.4 Å². The fraction of sp³-hybridized carbons (Fsp3) is 0.733. The second-order valence-corrected chi connectivity index (χ2v) is 5.87. The molecule has 0 radical (unpaired) electrons. The van der Waals surface area contributed by atoms with Crippen LogP contribution in [0.4, 0.5) is 0 Å². The molecule has 1 aromatic heterocycles. The van der Waals surface area contributed by atoms with Crippen LogP contribution < -0.4 is 5.32 Å². The highest BCUT2D eigenvalue weighted by molar-refractivity contribution is 5.21. The number of aromatic nitrogens is 1. The fourth-order valence-electron chi connectivity index (χ4n) is 1.83. The second-order valence-electron chi connectivity index (χ2n) is 5.87. The van der Waals surface area contributed by atoms with Gasteiger partial charge in [-0.15, -0.1) is 0 Å². The average Bonchev–Trinajstić information content (AvgIpc) is 2.65. The number of aryl methyl sites for hydroxylation is 1. The van der Waals surface area contributed by atoms with Crippen LogP contribution in [0.5, 0.6) is 0 Å². The lowest BCUT2D eigenvalue weighted by atomic mass is 10.1. The van der Waals surface area contributed by atoms with E-state index in [1.165, 1.54) is 11.3 Å². The fourth-order valence-corrected chi connectivity index (χ4v) is 1.83.